The van der Waals surface area contributed by atoms with Crippen LogP contribution in [0.25, 0.3) is 11.5 Å². The van der Waals surface area contributed by atoms with E-state index in [-0.39, 0.29) is 16.2 Å². The highest BCUT2D eigenvalue weighted by Crippen LogP contribution is 2.33. The molecule has 0 aromatic carbocycles. The molecular formula is C20H20Cl2N10O3. The normalized spacial score (nSPS) is 16.0. The van der Waals surface area contributed by atoms with Crippen LogP contribution in [0.5, 0.6) is 0 Å². The molecular weight excluding hydrogens is 499 g/mol. The first-order valence-corrected chi connectivity index (χ1v) is 11.3. The summed E-state index contributed by atoms with van der Waals surface area (Å²) in [6, 6.07) is 0.945. The smallest absolute Gasteiger partial charge is 0.323 e. The largest absolute Gasteiger partial charge is 0.382 e. The number of nitrogens with one attached hydrogen (secondary N) is 2. The maximum atomic E-state index is 12.9. The highest BCUT2D eigenvalue weighted by Gasteiger charge is 2.29. The first kappa shape index (κ1) is 23.2. The van der Waals surface area contributed by atoms with Gasteiger partial charge in [-0.15, -0.1) is 4.80 Å². The Labute approximate surface area is 208 Å². The SMILES string of the molecule is COC[C@H]1COCCN1c1c(NC(=O)Nc2cnc(-n3nccn3)c(Cl)c2)cnn2cc(Cl)nc12. The molecule has 0 aliphatic carbocycles. The molecule has 1 aliphatic heterocycles. The van der Waals surface area contributed by atoms with E-state index in [4.69, 9.17) is 32.7 Å². The van der Waals surface area contributed by atoms with E-state index in [0.29, 0.717) is 54.9 Å². The molecule has 0 radical (unpaired) electrons. The number of hydrogen-bond acceptors (Lipinski definition) is 9. The molecule has 15 heteroatoms. The van der Waals surface area contributed by atoms with Gasteiger partial charge >= 0.3 is 6.03 Å². The molecule has 0 bridgehead atoms. The number of rotatable bonds is 6. The van der Waals surface area contributed by atoms with Gasteiger partial charge in [-0.25, -0.2) is 19.3 Å². The Morgan fingerprint density at radius 2 is 2.06 bits per heavy atom. The third-order valence-corrected chi connectivity index (χ3v) is 5.71. The predicted molar refractivity (Wildman–Crippen MR) is 129 cm³/mol. The molecule has 2 N–H and O–H groups in total. The number of aromatic nitrogens is 7. The van der Waals surface area contributed by atoms with Crippen LogP contribution in [0.15, 0.2) is 37.1 Å². The van der Waals surface area contributed by atoms with Crippen LogP contribution in [0.1, 0.15) is 0 Å². The lowest BCUT2D eigenvalue weighted by molar-refractivity contribution is 0.0603. The fourth-order valence-electron chi connectivity index (χ4n) is 3.80. The fourth-order valence-corrected chi connectivity index (χ4v) is 4.22. The molecule has 4 aromatic heterocycles. The van der Waals surface area contributed by atoms with E-state index in [9.17, 15) is 4.79 Å². The summed E-state index contributed by atoms with van der Waals surface area (Å²) in [4.78, 5) is 24.9. The number of anilines is 3. The van der Waals surface area contributed by atoms with Crippen molar-refractivity contribution in [3.8, 4) is 5.82 Å². The van der Waals surface area contributed by atoms with E-state index < -0.39 is 6.03 Å². The van der Waals surface area contributed by atoms with Gasteiger partial charge in [-0.3, -0.25) is 0 Å². The lowest BCUT2D eigenvalue weighted by atomic mass is 10.2. The molecule has 5 heterocycles. The van der Waals surface area contributed by atoms with Crippen molar-refractivity contribution in [3.63, 3.8) is 0 Å². The fraction of sp³-hybridized carbons (Fsp3) is 0.300. The summed E-state index contributed by atoms with van der Waals surface area (Å²) >= 11 is 12.5. The van der Waals surface area contributed by atoms with Crippen LogP contribution in [0.4, 0.5) is 21.9 Å². The minimum atomic E-state index is -0.519. The van der Waals surface area contributed by atoms with Crippen LogP contribution >= 0.6 is 23.2 Å². The van der Waals surface area contributed by atoms with Crippen molar-refractivity contribution in [2.45, 2.75) is 6.04 Å². The summed E-state index contributed by atoms with van der Waals surface area (Å²) in [7, 11) is 1.63. The van der Waals surface area contributed by atoms with E-state index in [0.717, 1.165) is 0 Å². The summed E-state index contributed by atoms with van der Waals surface area (Å²) < 4.78 is 12.6. The van der Waals surface area contributed by atoms with Gasteiger partial charge in [0.15, 0.2) is 11.5 Å². The Bertz CT molecular complexity index is 1340. The molecule has 1 fully saturated rings. The molecule has 1 atom stereocenters. The molecule has 0 unspecified atom stereocenters. The molecule has 1 saturated heterocycles. The van der Waals surface area contributed by atoms with Crippen LogP contribution < -0.4 is 15.5 Å². The molecule has 182 valence electrons. The number of hydrogen-bond donors (Lipinski definition) is 2. The molecule has 35 heavy (non-hydrogen) atoms. The number of morpholine rings is 1. The Hall–Kier alpha value is -3.52. The van der Waals surface area contributed by atoms with Gasteiger partial charge in [0.25, 0.3) is 0 Å². The Kier molecular flexibility index (Phi) is 6.63. The molecule has 13 nitrogen and oxygen atoms in total. The van der Waals surface area contributed by atoms with Crippen molar-refractivity contribution in [1.29, 1.82) is 0 Å². The maximum absolute atomic E-state index is 12.9. The second kappa shape index (κ2) is 10.00. The topological polar surface area (TPSA) is 137 Å². The zero-order valence-corrected chi connectivity index (χ0v) is 19.9. The van der Waals surface area contributed by atoms with Gasteiger partial charge in [0.1, 0.15) is 10.8 Å². The van der Waals surface area contributed by atoms with Gasteiger partial charge in [-0.2, -0.15) is 15.3 Å². The van der Waals surface area contributed by atoms with Gasteiger partial charge < -0.3 is 25.0 Å². The maximum Gasteiger partial charge on any atom is 0.323 e. The monoisotopic (exact) mass is 518 g/mol. The molecule has 0 saturated carbocycles. The average molecular weight is 519 g/mol. The third kappa shape index (κ3) is 4.84. The number of carbonyl (C=O) groups is 1. The van der Waals surface area contributed by atoms with E-state index in [1.165, 1.54) is 29.6 Å². The van der Waals surface area contributed by atoms with E-state index in [1.54, 1.807) is 23.9 Å². The number of methoxy groups -OCH3 is 1. The number of imidazole rings is 1. The zero-order valence-electron chi connectivity index (χ0n) is 18.4. The number of pyridine rings is 1. The van der Waals surface area contributed by atoms with Crippen molar-refractivity contribution >= 4 is 51.9 Å². The molecule has 0 spiro atoms. The molecule has 4 aromatic rings. The van der Waals surface area contributed by atoms with E-state index in [1.807, 2.05) is 0 Å². The second-order valence-corrected chi connectivity index (χ2v) is 8.34. The lowest BCUT2D eigenvalue weighted by Gasteiger charge is -2.37. The second-order valence-electron chi connectivity index (χ2n) is 7.54. The van der Waals surface area contributed by atoms with Crippen LogP contribution in [0.3, 0.4) is 0 Å². The predicted octanol–water partition coefficient (Wildman–Crippen LogP) is 2.51. The Morgan fingerprint density at radius 1 is 1.23 bits per heavy atom. The van der Waals surface area contributed by atoms with Crippen LogP contribution in [0.2, 0.25) is 10.2 Å². The Morgan fingerprint density at radius 3 is 2.83 bits per heavy atom. The van der Waals surface area contributed by atoms with Gasteiger partial charge in [0, 0.05) is 13.7 Å². The zero-order chi connectivity index (χ0) is 24.4. The number of ether oxygens (including phenoxy) is 2. The number of carbonyl (C=O) groups excluding carboxylic acids is 1. The van der Waals surface area contributed by atoms with Gasteiger partial charge in [0.2, 0.25) is 0 Å². The summed E-state index contributed by atoms with van der Waals surface area (Å²) in [6.45, 7) is 1.97. The molecule has 1 aliphatic rings. The number of nitrogens with zero attached hydrogens (tertiary/aromatic N) is 8. The summed E-state index contributed by atoms with van der Waals surface area (Å²) in [5.74, 6) is 0.340. The standard InChI is InChI=1S/C20H20Cl2N10O3/c1-34-10-13-11-35-5-4-30(13)17-15(8-26-31-9-16(22)29-19(17)31)28-20(33)27-12-6-14(21)18(23-7-12)32-24-2-3-25-32/h2-3,6-9,13H,4-5,10-11H2,1H3,(H2,27,28,33)/t13-/m0/s1. The van der Waals surface area contributed by atoms with E-state index >= 15 is 0 Å². The summed E-state index contributed by atoms with van der Waals surface area (Å²) in [5, 5.41) is 18.5. The quantitative estimate of drug-likeness (QED) is 0.394. The number of urea groups is 1. The Balaban J connectivity index is 1.42. The highest BCUT2D eigenvalue weighted by atomic mass is 35.5. The number of fused-ring (bicyclic) bond motifs is 1. The molecule has 2 amide bonds. The average Bonchev–Trinajstić information content (AvgIpc) is 3.49. The number of amides is 2. The van der Waals surface area contributed by atoms with Crippen LogP contribution in [-0.4, -0.2) is 80.1 Å². The summed E-state index contributed by atoms with van der Waals surface area (Å²) in [5.41, 5.74) is 1.98. The summed E-state index contributed by atoms with van der Waals surface area (Å²) in [6.07, 6.45) is 7.62. The van der Waals surface area contributed by atoms with Crippen LogP contribution in [0, 0.1) is 0 Å². The van der Waals surface area contributed by atoms with Crippen molar-refractivity contribution in [3.05, 3.63) is 47.2 Å². The lowest BCUT2D eigenvalue weighted by Crippen LogP contribution is -2.48. The van der Waals surface area contributed by atoms with Crippen molar-refractivity contribution in [1.82, 2.24) is 34.6 Å². The van der Waals surface area contributed by atoms with E-state index in [2.05, 4.69) is 40.8 Å². The van der Waals surface area contributed by atoms with Crippen molar-refractivity contribution in [2.24, 2.45) is 0 Å². The van der Waals surface area contributed by atoms with Crippen LogP contribution in [-0.2, 0) is 9.47 Å². The van der Waals surface area contributed by atoms with Crippen molar-refractivity contribution in [2.75, 3.05) is 49.0 Å². The minimum absolute atomic E-state index is 0.0921. The molecule has 5 rings (SSSR count). The number of halogens is 2. The first-order chi connectivity index (χ1) is 17.0. The van der Waals surface area contributed by atoms with Gasteiger partial charge in [-0.1, -0.05) is 23.2 Å². The third-order valence-electron chi connectivity index (χ3n) is 5.25. The first-order valence-electron chi connectivity index (χ1n) is 10.5. The minimum Gasteiger partial charge on any atom is -0.382 e. The van der Waals surface area contributed by atoms with Gasteiger partial charge in [0.05, 0.1) is 73.2 Å². The van der Waals surface area contributed by atoms with Crippen molar-refractivity contribution < 1.29 is 14.3 Å². The highest BCUT2D eigenvalue weighted by molar-refractivity contribution is 6.32. The van der Waals surface area contributed by atoms with Gasteiger partial charge in [-0.05, 0) is 6.07 Å².